The molecule has 1 aromatic carbocycles. The summed E-state index contributed by atoms with van der Waals surface area (Å²) in [6.45, 7) is 3.25. The van der Waals surface area contributed by atoms with Gasteiger partial charge in [-0.15, -0.1) is 0 Å². The molecule has 1 aromatic rings. The van der Waals surface area contributed by atoms with Crippen molar-refractivity contribution in [2.24, 2.45) is 5.92 Å². The molecule has 0 spiro atoms. The number of imide groups is 1. The van der Waals surface area contributed by atoms with Gasteiger partial charge < -0.3 is 9.84 Å². The first kappa shape index (κ1) is 18.1. The number of aliphatic hydroxyl groups is 1. The molecule has 6 heteroatoms. The number of rotatable bonds is 7. The predicted octanol–water partition coefficient (Wildman–Crippen LogP) is 1.94. The van der Waals surface area contributed by atoms with Crippen LogP contribution in [0.1, 0.15) is 32.3 Å². The highest BCUT2D eigenvalue weighted by molar-refractivity contribution is 5.95. The number of hydrogen-bond donors (Lipinski definition) is 1. The summed E-state index contributed by atoms with van der Waals surface area (Å²) >= 11 is 0. The lowest BCUT2D eigenvalue weighted by atomic mass is 9.93. The van der Waals surface area contributed by atoms with Crippen molar-refractivity contribution in [1.82, 2.24) is 4.90 Å². The molecule has 1 heterocycles. The fraction of sp³-hybridized carbons (Fsp3) is 0.500. The van der Waals surface area contributed by atoms with E-state index in [2.05, 4.69) is 0 Å². The molecule has 3 atom stereocenters. The number of benzene rings is 1. The quantitative estimate of drug-likeness (QED) is 0.824. The summed E-state index contributed by atoms with van der Waals surface area (Å²) < 4.78 is 5.04. The molecule has 0 radical (unpaired) electrons. The molecular formula is C18H23NO5. The lowest BCUT2D eigenvalue weighted by Crippen LogP contribution is -2.46. The van der Waals surface area contributed by atoms with E-state index < -0.39 is 30.1 Å². The molecule has 6 nitrogen and oxygen atoms in total. The number of aliphatic hydroxyl groups excluding tert-OH is 1. The van der Waals surface area contributed by atoms with E-state index in [1.54, 1.807) is 6.92 Å². The van der Waals surface area contributed by atoms with E-state index in [4.69, 9.17) is 4.74 Å². The molecule has 0 saturated carbocycles. The minimum absolute atomic E-state index is 0.101. The Labute approximate surface area is 141 Å². The fourth-order valence-electron chi connectivity index (χ4n) is 2.99. The standard InChI is InChI=1S/C18H23NO5/c1-3-15(16(21)9-12(2)20)17(22)19-14(11-24-18(19)23)10-13-7-5-4-6-8-13/h4-8,14-16,21H,3,9-11H2,1-2H3/t14-,15?,16?/m1/s1. The second kappa shape index (κ2) is 8.06. The number of cyclic esters (lactones) is 1. The molecule has 0 aromatic heterocycles. The molecule has 2 rings (SSSR count). The number of carbonyl (C=O) groups excluding carboxylic acids is 3. The van der Waals surface area contributed by atoms with Gasteiger partial charge in [0.1, 0.15) is 12.4 Å². The molecule has 0 bridgehead atoms. The average molecular weight is 333 g/mol. The molecule has 24 heavy (non-hydrogen) atoms. The Kier molecular flexibility index (Phi) is 6.09. The van der Waals surface area contributed by atoms with Crippen LogP contribution in [0.4, 0.5) is 4.79 Å². The van der Waals surface area contributed by atoms with Crippen molar-refractivity contribution in [2.45, 2.75) is 45.3 Å². The summed E-state index contributed by atoms with van der Waals surface area (Å²) in [5, 5.41) is 10.2. The van der Waals surface area contributed by atoms with Gasteiger partial charge in [-0.3, -0.25) is 9.59 Å². The maximum absolute atomic E-state index is 12.8. The third kappa shape index (κ3) is 4.20. The fourth-order valence-corrected chi connectivity index (χ4v) is 2.99. The predicted molar refractivity (Wildman–Crippen MR) is 87.2 cm³/mol. The van der Waals surface area contributed by atoms with Crippen LogP contribution in [0, 0.1) is 5.92 Å². The minimum Gasteiger partial charge on any atom is -0.447 e. The normalized spacial score (nSPS) is 19.7. The van der Waals surface area contributed by atoms with Crippen LogP contribution in [0.3, 0.4) is 0 Å². The Balaban J connectivity index is 2.14. The Hall–Kier alpha value is -2.21. The van der Waals surface area contributed by atoms with Crippen molar-refractivity contribution in [1.29, 1.82) is 0 Å². The zero-order chi connectivity index (χ0) is 17.7. The molecule has 0 aliphatic carbocycles. The summed E-state index contributed by atoms with van der Waals surface area (Å²) in [6.07, 6.45) is -1.04. The van der Waals surface area contributed by atoms with Crippen LogP contribution in [0.5, 0.6) is 0 Å². The van der Waals surface area contributed by atoms with Gasteiger partial charge in [0.25, 0.3) is 0 Å². The van der Waals surface area contributed by atoms with Crippen LogP contribution in [0.25, 0.3) is 0 Å². The van der Waals surface area contributed by atoms with Gasteiger partial charge >= 0.3 is 6.09 Å². The number of ketones is 1. The second-order valence-electron chi connectivity index (χ2n) is 6.12. The molecule has 1 aliphatic rings. The first-order valence-electron chi connectivity index (χ1n) is 8.15. The van der Waals surface area contributed by atoms with Crippen molar-refractivity contribution >= 4 is 17.8 Å². The van der Waals surface area contributed by atoms with E-state index in [1.807, 2.05) is 30.3 Å². The van der Waals surface area contributed by atoms with Crippen molar-refractivity contribution in [2.75, 3.05) is 6.61 Å². The van der Waals surface area contributed by atoms with E-state index in [0.29, 0.717) is 12.8 Å². The summed E-state index contributed by atoms with van der Waals surface area (Å²) in [5.41, 5.74) is 0.996. The lowest BCUT2D eigenvalue weighted by Gasteiger charge is -2.26. The van der Waals surface area contributed by atoms with E-state index >= 15 is 0 Å². The molecule has 1 saturated heterocycles. The van der Waals surface area contributed by atoms with Gasteiger partial charge in [0.05, 0.1) is 18.1 Å². The monoisotopic (exact) mass is 333 g/mol. The summed E-state index contributed by atoms with van der Waals surface area (Å²) in [5.74, 6) is -1.47. The Morgan fingerprint density at radius 3 is 2.58 bits per heavy atom. The van der Waals surface area contributed by atoms with E-state index in [1.165, 1.54) is 6.92 Å². The first-order valence-corrected chi connectivity index (χ1v) is 8.15. The summed E-state index contributed by atoms with van der Waals surface area (Å²) in [6, 6.07) is 9.13. The Morgan fingerprint density at radius 2 is 2.00 bits per heavy atom. The largest absolute Gasteiger partial charge is 0.447 e. The minimum atomic E-state index is -1.09. The SMILES string of the molecule is CCC(C(=O)N1C(=O)OC[C@H]1Cc1ccccc1)C(O)CC(C)=O. The van der Waals surface area contributed by atoms with Crippen LogP contribution < -0.4 is 0 Å². The number of hydrogen-bond acceptors (Lipinski definition) is 5. The number of Topliss-reactive ketones (excluding diaryl/α,β-unsaturated/α-hetero) is 1. The van der Waals surface area contributed by atoms with Crippen LogP contribution in [-0.4, -0.2) is 46.5 Å². The van der Waals surface area contributed by atoms with Crippen molar-refractivity contribution in [3.63, 3.8) is 0 Å². The number of amides is 2. The molecule has 130 valence electrons. The van der Waals surface area contributed by atoms with Crippen LogP contribution in [-0.2, 0) is 20.7 Å². The van der Waals surface area contributed by atoms with Gasteiger partial charge in [-0.05, 0) is 25.3 Å². The highest BCUT2D eigenvalue weighted by Gasteiger charge is 2.42. The zero-order valence-corrected chi connectivity index (χ0v) is 14.0. The number of nitrogens with zero attached hydrogens (tertiary/aromatic N) is 1. The average Bonchev–Trinajstić information content (AvgIpc) is 2.88. The highest BCUT2D eigenvalue weighted by atomic mass is 16.6. The van der Waals surface area contributed by atoms with Crippen LogP contribution in [0.15, 0.2) is 30.3 Å². The molecule has 1 N–H and O–H groups in total. The Morgan fingerprint density at radius 1 is 1.33 bits per heavy atom. The van der Waals surface area contributed by atoms with Crippen molar-refractivity contribution < 1.29 is 24.2 Å². The molecular weight excluding hydrogens is 310 g/mol. The number of ether oxygens (including phenoxy) is 1. The van der Waals surface area contributed by atoms with E-state index in [9.17, 15) is 19.5 Å². The summed E-state index contributed by atoms with van der Waals surface area (Å²) in [4.78, 5) is 37.1. The van der Waals surface area contributed by atoms with Gasteiger partial charge in [0.15, 0.2) is 0 Å². The van der Waals surface area contributed by atoms with E-state index in [-0.39, 0.29) is 18.8 Å². The van der Waals surface area contributed by atoms with Gasteiger partial charge in [-0.2, -0.15) is 0 Å². The molecule has 1 aliphatic heterocycles. The van der Waals surface area contributed by atoms with Gasteiger partial charge in [-0.25, -0.2) is 9.69 Å². The topological polar surface area (TPSA) is 83.9 Å². The lowest BCUT2D eigenvalue weighted by molar-refractivity contribution is -0.138. The Bertz CT molecular complexity index is 601. The molecule has 2 amide bonds. The highest BCUT2D eigenvalue weighted by Crippen LogP contribution is 2.23. The van der Waals surface area contributed by atoms with Crippen molar-refractivity contribution in [3.05, 3.63) is 35.9 Å². The van der Waals surface area contributed by atoms with Crippen LogP contribution >= 0.6 is 0 Å². The molecule has 1 fully saturated rings. The van der Waals surface area contributed by atoms with Gasteiger partial charge in [-0.1, -0.05) is 37.3 Å². The third-order valence-corrected chi connectivity index (χ3v) is 4.23. The van der Waals surface area contributed by atoms with Crippen molar-refractivity contribution in [3.8, 4) is 0 Å². The maximum Gasteiger partial charge on any atom is 0.416 e. The molecule has 2 unspecified atom stereocenters. The second-order valence-corrected chi connectivity index (χ2v) is 6.12. The smallest absolute Gasteiger partial charge is 0.416 e. The van der Waals surface area contributed by atoms with Crippen LogP contribution in [0.2, 0.25) is 0 Å². The summed E-state index contributed by atoms with van der Waals surface area (Å²) in [7, 11) is 0. The van der Waals surface area contributed by atoms with Gasteiger partial charge in [0, 0.05) is 6.42 Å². The zero-order valence-electron chi connectivity index (χ0n) is 14.0. The van der Waals surface area contributed by atoms with E-state index in [0.717, 1.165) is 10.5 Å². The third-order valence-electron chi connectivity index (χ3n) is 4.23. The number of carbonyl (C=O) groups is 3. The van der Waals surface area contributed by atoms with Gasteiger partial charge in [0.2, 0.25) is 5.91 Å². The first-order chi connectivity index (χ1) is 11.4. The maximum atomic E-state index is 12.8.